The lowest BCUT2D eigenvalue weighted by Crippen LogP contribution is -1.89. The van der Waals surface area contributed by atoms with Crippen molar-refractivity contribution in [2.75, 3.05) is 11.5 Å². The van der Waals surface area contributed by atoms with Crippen molar-refractivity contribution in [2.24, 2.45) is 0 Å². The van der Waals surface area contributed by atoms with E-state index < -0.39 is 0 Å². The number of aliphatic hydroxyl groups excluding tert-OH is 1. The van der Waals surface area contributed by atoms with Crippen LogP contribution < -0.4 is 11.5 Å². The van der Waals surface area contributed by atoms with Crippen molar-refractivity contribution in [1.82, 2.24) is 0 Å². The first-order chi connectivity index (χ1) is 6.22. The van der Waals surface area contributed by atoms with Crippen LogP contribution in [0.1, 0.15) is 5.56 Å². The van der Waals surface area contributed by atoms with Crippen molar-refractivity contribution >= 4 is 32.1 Å². The van der Waals surface area contributed by atoms with Gasteiger partial charge in [-0.1, -0.05) is 6.07 Å². The molecular formula is C9H10N2OS. The number of benzene rings is 1. The molecule has 2 rings (SSSR count). The first-order valence-electron chi connectivity index (χ1n) is 3.89. The number of rotatable bonds is 1. The van der Waals surface area contributed by atoms with E-state index in [0.717, 1.165) is 15.6 Å². The Morgan fingerprint density at radius 3 is 2.77 bits per heavy atom. The van der Waals surface area contributed by atoms with E-state index in [1.807, 2.05) is 18.2 Å². The summed E-state index contributed by atoms with van der Waals surface area (Å²) in [6.45, 7) is 0.0329. The molecule has 0 aliphatic carbocycles. The van der Waals surface area contributed by atoms with Crippen LogP contribution in [0.3, 0.4) is 0 Å². The average Bonchev–Trinajstić information content (AvgIpc) is 2.43. The van der Waals surface area contributed by atoms with E-state index >= 15 is 0 Å². The van der Waals surface area contributed by atoms with E-state index in [0.29, 0.717) is 10.7 Å². The summed E-state index contributed by atoms with van der Waals surface area (Å²) >= 11 is 1.47. The Balaban J connectivity index is 2.75. The van der Waals surface area contributed by atoms with E-state index in [-0.39, 0.29) is 6.61 Å². The highest BCUT2D eigenvalue weighted by atomic mass is 32.1. The Labute approximate surface area is 79.6 Å². The molecule has 3 nitrogen and oxygen atoms in total. The predicted molar refractivity (Wildman–Crippen MR) is 56.6 cm³/mol. The quantitative estimate of drug-likeness (QED) is 0.645. The Morgan fingerprint density at radius 1 is 1.31 bits per heavy atom. The number of nitrogen functional groups attached to an aromatic ring is 2. The maximum absolute atomic E-state index is 8.93. The summed E-state index contributed by atoms with van der Waals surface area (Å²) in [5, 5.41) is 10.5. The lowest BCUT2D eigenvalue weighted by molar-refractivity contribution is 0.282. The highest BCUT2D eigenvalue weighted by molar-refractivity contribution is 7.23. The van der Waals surface area contributed by atoms with Crippen LogP contribution in [0.25, 0.3) is 10.1 Å². The highest BCUT2D eigenvalue weighted by Crippen LogP contribution is 2.35. The topological polar surface area (TPSA) is 72.3 Å². The van der Waals surface area contributed by atoms with E-state index in [1.165, 1.54) is 11.3 Å². The minimum absolute atomic E-state index is 0.0329. The minimum Gasteiger partial charge on any atom is -0.396 e. The summed E-state index contributed by atoms with van der Waals surface area (Å²) in [6, 6.07) is 5.67. The summed E-state index contributed by atoms with van der Waals surface area (Å²) in [6.07, 6.45) is 0. The van der Waals surface area contributed by atoms with Crippen LogP contribution in [0.4, 0.5) is 10.7 Å². The van der Waals surface area contributed by atoms with Gasteiger partial charge in [0.25, 0.3) is 0 Å². The number of nitrogens with two attached hydrogens (primary N) is 2. The summed E-state index contributed by atoms with van der Waals surface area (Å²) in [4.78, 5) is 0. The SMILES string of the molecule is Nc1sc2ccc(CO)cc2c1N. The standard InChI is InChI=1S/C9H10N2OS/c10-8-6-3-5(4-12)1-2-7(6)13-9(8)11/h1-3,12H,4,10-11H2. The molecule has 0 bridgehead atoms. The smallest absolute Gasteiger partial charge is 0.110 e. The molecule has 0 fully saturated rings. The number of anilines is 2. The Kier molecular flexibility index (Phi) is 1.86. The number of hydrogen-bond acceptors (Lipinski definition) is 4. The van der Waals surface area contributed by atoms with Crippen LogP contribution >= 0.6 is 11.3 Å². The van der Waals surface area contributed by atoms with E-state index in [9.17, 15) is 0 Å². The molecule has 1 heterocycles. The molecule has 0 amide bonds. The average molecular weight is 194 g/mol. The molecule has 1 aromatic carbocycles. The first-order valence-corrected chi connectivity index (χ1v) is 4.71. The van der Waals surface area contributed by atoms with Crippen LogP contribution in [-0.4, -0.2) is 5.11 Å². The molecule has 0 aliphatic rings. The maximum atomic E-state index is 8.93. The van der Waals surface area contributed by atoms with Crippen LogP contribution in [0, 0.1) is 0 Å². The van der Waals surface area contributed by atoms with Crippen LogP contribution in [0.5, 0.6) is 0 Å². The first kappa shape index (κ1) is 8.34. The van der Waals surface area contributed by atoms with Gasteiger partial charge in [-0.25, -0.2) is 0 Å². The monoisotopic (exact) mass is 194 g/mol. The van der Waals surface area contributed by atoms with Gasteiger partial charge in [-0.3, -0.25) is 0 Å². The van der Waals surface area contributed by atoms with Gasteiger partial charge in [-0.15, -0.1) is 11.3 Å². The zero-order chi connectivity index (χ0) is 9.42. The van der Waals surface area contributed by atoms with Gasteiger partial charge in [-0.2, -0.15) is 0 Å². The molecule has 68 valence electrons. The molecule has 0 aliphatic heterocycles. The summed E-state index contributed by atoms with van der Waals surface area (Å²) in [5.41, 5.74) is 12.9. The van der Waals surface area contributed by atoms with Gasteiger partial charge >= 0.3 is 0 Å². The normalized spacial score (nSPS) is 10.8. The number of aliphatic hydroxyl groups is 1. The summed E-state index contributed by atoms with van der Waals surface area (Å²) in [7, 11) is 0. The molecule has 5 N–H and O–H groups in total. The van der Waals surface area contributed by atoms with Gasteiger partial charge in [0.05, 0.1) is 12.3 Å². The maximum Gasteiger partial charge on any atom is 0.110 e. The second-order valence-electron chi connectivity index (χ2n) is 2.87. The second kappa shape index (κ2) is 2.90. The molecular weight excluding hydrogens is 184 g/mol. The molecule has 4 heteroatoms. The summed E-state index contributed by atoms with van der Waals surface area (Å²) in [5.74, 6) is 0. The fraction of sp³-hybridized carbons (Fsp3) is 0.111. The lowest BCUT2D eigenvalue weighted by atomic mass is 10.1. The van der Waals surface area contributed by atoms with Crippen molar-refractivity contribution < 1.29 is 5.11 Å². The zero-order valence-corrected chi connectivity index (χ0v) is 7.77. The molecule has 1 aromatic heterocycles. The molecule has 0 atom stereocenters. The third-order valence-electron chi connectivity index (χ3n) is 2.00. The van der Waals surface area contributed by atoms with Gasteiger partial charge in [0.1, 0.15) is 5.00 Å². The van der Waals surface area contributed by atoms with Crippen LogP contribution in [0.15, 0.2) is 18.2 Å². The van der Waals surface area contributed by atoms with Gasteiger partial charge in [0.15, 0.2) is 0 Å². The summed E-state index contributed by atoms with van der Waals surface area (Å²) < 4.78 is 1.06. The van der Waals surface area contributed by atoms with Gasteiger partial charge in [0.2, 0.25) is 0 Å². The van der Waals surface area contributed by atoms with E-state index in [4.69, 9.17) is 16.6 Å². The molecule has 2 aromatic rings. The lowest BCUT2D eigenvalue weighted by Gasteiger charge is -1.96. The minimum atomic E-state index is 0.0329. The Bertz CT molecular complexity index is 450. The fourth-order valence-corrected chi connectivity index (χ4v) is 2.15. The van der Waals surface area contributed by atoms with E-state index in [2.05, 4.69) is 0 Å². The number of hydrogen-bond donors (Lipinski definition) is 3. The van der Waals surface area contributed by atoms with Gasteiger partial charge in [0, 0.05) is 10.1 Å². The molecule has 0 saturated heterocycles. The largest absolute Gasteiger partial charge is 0.396 e. The van der Waals surface area contributed by atoms with Gasteiger partial charge < -0.3 is 16.6 Å². The molecule has 0 unspecified atom stereocenters. The molecule has 0 radical (unpaired) electrons. The van der Waals surface area contributed by atoms with Crippen molar-refractivity contribution in [1.29, 1.82) is 0 Å². The zero-order valence-electron chi connectivity index (χ0n) is 6.95. The third kappa shape index (κ3) is 1.24. The van der Waals surface area contributed by atoms with Crippen molar-refractivity contribution in [3.8, 4) is 0 Å². The Hall–Kier alpha value is -1.26. The van der Waals surface area contributed by atoms with Crippen molar-refractivity contribution in [3.63, 3.8) is 0 Å². The molecule has 0 spiro atoms. The Morgan fingerprint density at radius 2 is 2.08 bits per heavy atom. The van der Waals surface area contributed by atoms with Crippen molar-refractivity contribution in [2.45, 2.75) is 6.61 Å². The van der Waals surface area contributed by atoms with Crippen LogP contribution in [-0.2, 0) is 6.61 Å². The van der Waals surface area contributed by atoms with Crippen molar-refractivity contribution in [3.05, 3.63) is 23.8 Å². The predicted octanol–water partition coefficient (Wildman–Crippen LogP) is 1.56. The fourth-order valence-electron chi connectivity index (χ4n) is 1.28. The second-order valence-corrected chi connectivity index (χ2v) is 3.95. The van der Waals surface area contributed by atoms with Crippen LogP contribution in [0.2, 0.25) is 0 Å². The van der Waals surface area contributed by atoms with E-state index in [1.54, 1.807) is 0 Å². The molecule has 13 heavy (non-hydrogen) atoms. The highest BCUT2D eigenvalue weighted by Gasteiger charge is 2.06. The van der Waals surface area contributed by atoms with Gasteiger partial charge in [-0.05, 0) is 17.7 Å². The number of thiophene rings is 1. The third-order valence-corrected chi connectivity index (χ3v) is 3.02. The molecule has 0 saturated carbocycles. The number of fused-ring (bicyclic) bond motifs is 1.